The monoisotopic (exact) mass is 378 g/mol. The zero-order chi connectivity index (χ0) is 19.8. The Morgan fingerprint density at radius 3 is 2.71 bits per heavy atom. The highest BCUT2D eigenvalue weighted by atomic mass is 16.3. The predicted octanol–water partition coefficient (Wildman–Crippen LogP) is 2.79. The van der Waals surface area contributed by atoms with Crippen molar-refractivity contribution in [3.63, 3.8) is 0 Å². The number of rotatable bonds is 5. The second kappa shape index (κ2) is 6.99. The molecule has 1 aromatic carbocycles. The van der Waals surface area contributed by atoms with Crippen LogP contribution in [0.15, 0.2) is 58.1 Å². The number of para-hydroxylation sites is 1. The molecule has 4 rings (SSSR count). The summed E-state index contributed by atoms with van der Waals surface area (Å²) in [5, 5.41) is 8.83. The lowest BCUT2D eigenvalue weighted by molar-refractivity contribution is -0.124. The van der Waals surface area contributed by atoms with Gasteiger partial charge in [-0.25, -0.2) is 4.68 Å². The van der Waals surface area contributed by atoms with Gasteiger partial charge in [0.2, 0.25) is 5.91 Å². The standard InChI is InChI=1S/C21H22N4O3/c1-13(11-15-7-6-10-28-15)23-20(26)14(2)25-18-9-5-4-8-16(18)17-12-22-24(3)21(27)19(17)25/h4-10,12-14H,11H2,1-3H3,(H,23,26)/t13-,14+/m0/s1. The maximum Gasteiger partial charge on any atom is 0.291 e. The largest absolute Gasteiger partial charge is 0.469 e. The minimum Gasteiger partial charge on any atom is -0.469 e. The molecule has 0 aliphatic rings. The Bertz CT molecular complexity index is 1200. The average molecular weight is 378 g/mol. The smallest absolute Gasteiger partial charge is 0.291 e. The van der Waals surface area contributed by atoms with E-state index < -0.39 is 6.04 Å². The third kappa shape index (κ3) is 2.98. The van der Waals surface area contributed by atoms with Crippen molar-refractivity contribution in [3.8, 4) is 0 Å². The normalized spacial score (nSPS) is 13.7. The molecule has 0 fully saturated rings. The van der Waals surface area contributed by atoms with Gasteiger partial charge in [-0.1, -0.05) is 18.2 Å². The van der Waals surface area contributed by atoms with E-state index >= 15 is 0 Å². The molecule has 2 atom stereocenters. The number of fused-ring (bicyclic) bond motifs is 3. The first kappa shape index (κ1) is 18.0. The van der Waals surface area contributed by atoms with Gasteiger partial charge < -0.3 is 14.3 Å². The van der Waals surface area contributed by atoms with Crippen LogP contribution in [0, 0.1) is 0 Å². The topological polar surface area (TPSA) is 82.1 Å². The van der Waals surface area contributed by atoms with Crippen molar-refractivity contribution in [1.29, 1.82) is 0 Å². The van der Waals surface area contributed by atoms with Crippen LogP contribution in [-0.4, -0.2) is 26.3 Å². The van der Waals surface area contributed by atoms with Crippen LogP contribution < -0.4 is 10.9 Å². The number of aromatic nitrogens is 3. The van der Waals surface area contributed by atoms with Gasteiger partial charge in [0.1, 0.15) is 17.3 Å². The zero-order valence-electron chi connectivity index (χ0n) is 16.0. The number of hydrogen-bond donors (Lipinski definition) is 1. The number of benzene rings is 1. The van der Waals surface area contributed by atoms with Crippen LogP contribution in [0.2, 0.25) is 0 Å². The number of amides is 1. The van der Waals surface area contributed by atoms with Gasteiger partial charge in [0.25, 0.3) is 5.56 Å². The minimum absolute atomic E-state index is 0.0984. The molecule has 0 unspecified atom stereocenters. The highest BCUT2D eigenvalue weighted by Gasteiger charge is 2.24. The third-order valence-corrected chi connectivity index (χ3v) is 5.05. The maximum absolute atomic E-state index is 13.0. The number of hydrogen-bond acceptors (Lipinski definition) is 4. The fourth-order valence-electron chi connectivity index (χ4n) is 3.65. The lowest BCUT2D eigenvalue weighted by atomic mass is 10.2. The molecule has 3 heterocycles. The molecule has 7 nitrogen and oxygen atoms in total. The Morgan fingerprint density at radius 2 is 1.96 bits per heavy atom. The molecule has 28 heavy (non-hydrogen) atoms. The lowest BCUT2D eigenvalue weighted by Crippen LogP contribution is -2.38. The Balaban J connectivity index is 1.73. The summed E-state index contributed by atoms with van der Waals surface area (Å²) in [7, 11) is 1.61. The van der Waals surface area contributed by atoms with E-state index in [4.69, 9.17) is 4.42 Å². The number of furan rings is 1. The first-order chi connectivity index (χ1) is 13.5. The van der Waals surface area contributed by atoms with Crippen LogP contribution in [0.5, 0.6) is 0 Å². The number of nitrogens with one attached hydrogen (secondary N) is 1. The summed E-state index contributed by atoms with van der Waals surface area (Å²) in [5.74, 6) is 0.665. The molecule has 0 radical (unpaired) electrons. The van der Waals surface area contributed by atoms with Crippen molar-refractivity contribution in [2.24, 2.45) is 7.05 Å². The van der Waals surface area contributed by atoms with Gasteiger partial charge in [0.05, 0.1) is 18.0 Å². The summed E-state index contributed by atoms with van der Waals surface area (Å²) >= 11 is 0. The summed E-state index contributed by atoms with van der Waals surface area (Å²) in [6, 6.07) is 10.7. The third-order valence-electron chi connectivity index (χ3n) is 5.05. The quantitative estimate of drug-likeness (QED) is 0.579. The second-order valence-electron chi connectivity index (χ2n) is 7.09. The molecule has 7 heteroatoms. The Labute approximate surface area is 161 Å². The SMILES string of the molecule is C[C@H](C(=O)N[C@@H](C)Cc1ccco1)n1c2ccccc2c2cnn(C)c(=O)c21. The maximum atomic E-state index is 13.0. The first-order valence-corrected chi connectivity index (χ1v) is 9.25. The van der Waals surface area contributed by atoms with Crippen LogP contribution in [0.4, 0.5) is 0 Å². The molecular formula is C21H22N4O3. The van der Waals surface area contributed by atoms with Crippen LogP contribution in [-0.2, 0) is 18.3 Å². The summed E-state index contributed by atoms with van der Waals surface area (Å²) in [6.07, 6.45) is 3.90. The van der Waals surface area contributed by atoms with Gasteiger partial charge in [0, 0.05) is 30.3 Å². The Kier molecular flexibility index (Phi) is 4.50. The summed E-state index contributed by atoms with van der Waals surface area (Å²) < 4.78 is 8.46. The average Bonchev–Trinajstić information content (AvgIpc) is 3.30. The zero-order valence-corrected chi connectivity index (χ0v) is 16.0. The van der Waals surface area contributed by atoms with Gasteiger partial charge >= 0.3 is 0 Å². The van der Waals surface area contributed by atoms with E-state index in [9.17, 15) is 9.59 Å². The van der Waals surface area contributed by atoms with Crippen LogP contribution in [0.3, 0.4) is 0 Å². The molecule has 0 aliphatic heterocycles. The van der Waals surface area contributed by atoms with E-state index in [-0.39, 0.29) is 17.5 Å². The fraction of sp³-hybridized carbons (Fsp3) is 0.286. The van der Waals surface area contributed by atoms with Crippen molar-refractivity contribution in [2.45, 2.75) is 32.4 Å². The predicted molar refractivity (Wildman–Crippen MR) is 107 cm³/mol. The van der Waals surface area contributed by atoms with Crippen molar-refractivity contribution in [2.75, 3.05) is 0 Å². The van der Waals surface area contributed by atoms with Crippen molar-refractivity contribution < 1.29 is 9.21 Å². The number of carbonyl (C=O) groups excluding carboxylic acids is 1. The Hall–Kier alpha value is -3.35. The highest BCUT2D eigenvalue weighted by molar-refractivity contribution is 6.08. The summed E-state index contributed by atoms with van der Waals surface area (Å²) in [5.41, 5.74) is 1.10. The van der Waals surface area contributed by atoms with Crippen molar-refractivity contribution in [1.82, 2.24) is 19.7 Å². The highest BCUT2D eigenvalue weighted by Crippen LogP contribution is 2.29. The van der Waals surface area contributed by atoms with Gasteiger partial charge in [-0.15, -0.1) is 0 Å². The molecule has 3 aromatic heterocycles. The second-order valence-corrected chi connectivity index (χ2v) is 7.09. The molecule has 0 bridgehead atoms. The Morgan fingerprint density at radius 1 is 1.18 bits per heavy atom. The van der Waals surface area contributed by atoms with Crippen molar-refractivity contribution >= 4 is 27.7 Å². The van der Waals surface area contributed by atoms with Gasteiger partial charge in [-0.2, -0.15) is 5.10 Å². The van der Waals surface area contributed by atoms with Gasteiger partial charge in [-0.3, -0.25) is 9.59 Å². The molecule has 0 spiro atoms. The number of nitrogens with zero attached hydrogens (tertiary/aromatic N) is 3. The van der Waals surface area contributed by atoms with E-state index in [0.29, 0.717) is 11.9 Å². The summed E-state index contributed by atoms with van der Waals surface area (Å²) in [4.78, 5) is 25.8. The van der Waals surface area contributed by atoms with E-state index in [2.05, 4.69) is 10.4 Å². The first-order valence-electron chi connectivity index (χ1n) is 9.25. The fourth-order valence-corrected chi connectivity index (χ4v) is 3.65. The molecule has 4 aromatic rings. The molecule has 1 N–H and O–H groups in total. The van der Waals surface area contributed by atoms with Crippen LogP contribution in [0.25, 0.3) is 21.8 Å². The van der Waals surface area contributed by atoms with E-state index in [1.54, 1.807) is 26.4 Å². The molecule has 0 saturated heterocycles. The number of aryl methyl sites for hydroxylation is 1. The van der Waals surface area contributed by atoms with Gasteiger partial charge in [0.15, 0.2) is 0 Å². The van der Waals surface area contributed by atoms with Gasteiger partial charge in [-0.05, 0) is 32.0 Å². The molecule has 0 saturated carbocycles. The van der Waals surface area contributed by atoms with Crippen LogP contribution >= 0.6 is 0 Å². The molecule has 144 valence electrons. The number of carbonyl (C=O) groups is 1. The summed E-state index contributed by atoms with van der Waals surface area (Å²) in [6.45, 7) is 3.74. The molecule has 0 aliphatic carbocycles. The lowest BCUT2D eigenvalue weighted by Gasteiger charge is -2.19. The molecule has 1 amide bonds. The minimum atomic E-state index is -0.559. The van der Waals surface area contributed by atoms with E-state index in [0.717, 1.165) is 22.0 Å². The van der Waals surface area contributed by atoms with Crippen molar-refractivity contribution in [3.05, 3.63) is 65.0 Å². The van der Waals surface area contributed by atoms with E-state index in [1.807, 2.05) is 47.9 Å². The van der Waals surface area contributed by atoms with E-state index in [1.165, 1.54) is 4.68 Å². The van der Waals surface area contributed by atoms with Crippen LogP contribution in [0.1, 0.15) is 25.6 Å². The molecular weight excluding hydrogens is 356 g/mol.